The molecule has 2 rings (SSSR count). The highest BCUT2D eigenvalue weighted by Crippen LogP contribution is 2.16. The average molecular weight is 370 g/mol. The third-order valence-corrected chi connectivity index (χ3v) is 3.86. The van der Waals surface area contributed by atoms with E-state index in [1.165, 1.54) is 0 Å². The summed E-state index contributed by atoms with van der Waals surface area (Å²) in [4.78, 5) is 18.3. The number of hydrogen-bond donors (Lipinski definition) is 1. The molecule has 1 aliphatic heterocycles. The predicted molar refractivity (Wildman–Crippen MR) is 89.6 cm³/mol. The monoisotopic (exact) mass is 369 g/mol. The van der Waals surface area contributed by atoms with Crippen molar-refractivity contribution in [1.29, 1.82) is 0 Å². The molecule has 1 amide bonds. The second kappa shape index (κ2) is 7.42. The first-order valence-electron chi connectivity index (χ1n) is 7.66. The van der Waals surface area contributed by atoms with Gasteiger partial charge >= 0.3 is 6.09 Å². The van der Waals surface area contributed by atoms with E-state index >= 15 is 0 Å². The predicted octanol–water partition coefficient (Wildman–Crippen LogP) is 3.33. The first-order chi connectivity index (χ1) is 10.3. The molecule has 1 aromatic heterocycles. The molecule has 0 radical (unpaired) electrons. The number of amides is 1. The molecule has 0 bridgehead atoms. The van der Waals surface area contributed by atoms with Crippen LogP contribution in [0.4, 0.5) is 4.79 Å². The number of carbonyl (C=O) groups is 1. The molecule has 1 N–H and O–H groups in total. The first-order valence-corrected chi connectivity index (χ1v) is 8.45. The molecule has 6 heteroatoms. The molecule has 5 nitrogen and oxygen atoms in total. The smallest absolute Gasteiger partial charge is 0.410 e. The van der Waals surface area contributed by atoms with Gasteiger partial charge in [-0.05, 0) is 61.7 Å². The fourth-order valence-electron chi connectivity index (χ4n) is 2.43. The van der Waals surface area contributed by atoms with Gasteiger partial charge in [0.05, 0.1) is 5.69 Å². The maximum Gasteiger partial charge on any atom is 0.410 e. The normalized spacial score (nSPS) is 19.1. The maximum absolute atomic E-state index is 12.1. The third-order valence-electron chi connectivity index (χ3n) is 3.42. The highest BCUT2D eigenvalue weighted by Gasteiger charge is 2.27. The summed E-state index contributed by atoms with van der Waals surface area (Å²) in [7, 11) is 0. The molecule has 1 fully saturated rings. The summed E-state index contributed by atoms with van der Waals surface area (Å²) in [5.41, 5.74) is 0.543. The van der Waals surface area contributed by atoms with Gasteiger partial charge in [-0.25, -0.2) is 9.78 Å². The number of halogens is 1. The average Bonchev–Trinajstić information content (AvgIpc) is 2.44. The lowest BCUT2D eigenvalue weighted by Gasteiger charge is -2.34. The van der Waals surface area contributed by atoms with Crippen LogP contribution in [0.25, 0.3) is 0 Å². The number of carbonyl (C=O) groups excluding carboxylic acids is 1. The maximum atomic E-state index is 12.1. The van der Waals surface area contributed by atoms with Crippen molar-refractivity contribution >= 4 is 22.0 Å². The van der Waals surface area contributed by atoms with Crippen LogP contribution in [0, 0.1) is 0 Å². The second-order valence-corrected chi connectivity index (χ2v) is 7.41. The zero-order valence-corrected chi connectivity index (χ0v) is 15.0. The van der Waals surface area contributed by atoms with Crippen molar-refractivity contribution in [3.63, 3.8) is 0 Å². The molecule has 1 unspecified atom stereocenters. The number of nitrogens with zero attached hydrogens (tertiary/aromatic N) is 2. The standard InChI is InChI=1S/C16H24BrN3O2/c1-16(2,3)22-15(21)20-9-5-7-13(11-20)18-10-12-6-4-8-14(17)19-12/h4,6,8,13,18H,5,7,9-11H2,1-3H3. The van der Waals surface area contributed by atoms with Crippen molar-refractivity contribution in [3.05, 3.63) is 28.5 Å². The molecule has 0 saturated carbocycles. The van der Waals surface area contributed by atoms with Crippen molar-refractivity contribution in [2.24, 2.45) is 0 Å². The van der Waals surface area contributed by atoms with Crippen LogP contribution < -0.4 is 5.32 Å². The van der Waals surface area contributed by atoms with E-state index in [1.807, 2.05) is 39.0 Å². The SMILES string of the molecule is CC(C)(C)OC(=O)N1CCCC(NCc2cccc(Br)n2)C1. The van der Waals surface area contributed by atoms with Crippen molar-refractivity contribution in [2.45, 2.75) is 51.8 Å². The molecular weight excluding hydrogens is 346 g/mol. The minimum Gasteiger partial charge on any atom is -0.444 e. The Bertz CT molecular complexity index is 516. The van der Waals surface area contributed by atoms with Gasteiger partial charge in [0.2, 0.25) is 0 Å². The molecule has 1 saturated heterocycles. The summed E-state index contributed by atoms with van der Waals surface area (Å²) in [6.45, 7) is 7.83. The minimum absolute atomic E-state index is 0.223. The molecule has 122 valence electrons. The van der Waals surface area contributed by atoms with Gasteiger partial charge in [-0.15, -0.1) is 0 Å². The van der Waals surface area contributed by atoms with Crippen LogP contribution >= 0.6 is 15.9 Å². The van der Waals surface area contributed by atoms with E-state index < -0.39 is 5.60 Å². The van der Waals surface area contributed by atoms with Crippen molar-refractivity contribution < 1.29 is 9.53 Å². The van der Waals surface area contributed by atoms with Crippen LogP contribution in [-0.2, 0) is 11.3 Å². The number of hydrogen-bond acceptors (Lipinski definition) is 4. The second-order valence-electron chi connectivity index (χ2n) is 6.60. The van der Waals surface area contributed by atoms with Crippen LogP contribution in [0.15, 0.2) is 22.8 Å². The summed E-state index contributed by atoms with van der Waals surface area (Å²) in [6.07, 6.45) is 1.83. The van der Waals surface area contributed by atoms with Crippen molar-refractivity contribution in [2.75, 3.05) is 13.1 Å². The van der Waals surface area contributed by atoms with E-state index in [0.29, 0.717) is 13.1 Å². The first kappa shape index (κ1) is 17.2. The van der Waals surface area contributed by atoms with E-state index in [4.69, 9.17) is 4.74 Å². The summed E-state index contributed by atoms with van der Waals surface area (Å²) >= 11 is 3.38. The fraction of sp³-hybridized carbons (Fsp3) is 0.625. The number of nitrogens with one attached hydrogen (secondary N) is 1. The molecule has 22 heavy (non-hydrogen) atoms. The fourth-order valence-corrected chi connectivity index (χ4v) is 2.81. The Labute approximate surface area is 140 Å². The zero-order chi connectivity index (χ0) is 16.2. The van der Waals surface area contributed by atoms with Gasteiger partial charge in [0, 0.05) is 25.7 Å². The molecule has 1 aromatic rings. The Morgan fingerprint density at radius 1 is 1.50 bits per heavy atom. The van der Waals surface area contributed by atoms with Crippen LogP contribution in [-0.4, -0.2) is 40.7 Å². The van der Waals surface area contributed by atoms with E-state index in [-0.39, 0.29) is 12.1 Å². The van der Waals surface area contributed by atoms with Crippen LogP contribution in [0.3, 0.4) is 0 Å². The summed E-state index contributed by atoms with van der Waals surface area (Å²) in [6, 6.07) is 6.16. The van der Waals surface area contributed by atoms with Gasteiger partial charge in [0.25, 0.3) is 0 Å². The van der Waals surface area contributed by atoms with Gasteiger partial charge in [-0.3, -0.25) is 0 Å². The number of ether oxygens (including phenoxy) is 1. The number of pyridine rings is 1. The molecule has 2 heterocycles. The lowest BCUT2D eigenvalue weighted by atomic mass is 10.1. The summed E-state index contributed by atoms with van der Waals surface area (Å²) < 4.78 is 6.28. The molecule has 1 atom stereocenters. The Kier molecular flexibility index (Phi) is 5.81. The molecule has 0 aromatic carbocycles. The van der Waals surface area contributed by atoms with Crippen LogP contribution in [0.2, 0.25) is 0 Å². The van der Waals surface area contributed by atoms with Crippen LogP contribution in [0.5, 0.6) is 0 Å². The molecule has 0 aliphatic carbocycles. The molecule has 0 spiro atoms. The topological polar surface area (TPSA) is 54.5 Å². The lowest BCUT2D eigenvalue weighted by Crippen LogP contribution is -2.49. The number of aromatic nitrogens is 1. The summed E-state index contributed by atoms with van der Waals surface area (Å²) in [5.74, 6) is 0. The quantitative estimate of drug-likeness (QED) is 0.830. The van der Waals surface area contributed by atoms with E-state index in [1.54, 1.807) is 4.90 Å². The summed E-state index contributed by atoms with van der Waals surface area (Å²) in [5, 5.41) is 3.48. The van der Waals surface area contributed by atoms with Gasteiger partial charge < -0.3 is 15.0 Å². The highest BCUT2D eigenvalue weighted by atomic mass is 79.9. The third kappa shape index (κ3) is 5.57. The van der Waals surface area contributed by atoms with Crippen LogP contribution in [0.1, 0.15) is 39.3 Å². The van der Waals surface area contributed by atoms with E-state index in [2.05, 4.69) is 26.2 Å². The largest absolute Gasteiger partial charge is 0.444 e. The van der Waals surface area contributed by atoms with E-state index in [9.17, 15) is 4.79 Å². The van der Waals surface area contributed by atoms with Gasteiger partial charge in [0.1, 0.15) is 10.2 Å². The Hall–Kier alpha value is -1.14. The van der Waals surface area contributed by atoms with E-state index in [0.717, 1.165) is 29.7 Å². The van der Waals surface area contributed by atoms with Gasteiger partial charge in [-0.1, -0.05) is 6.07 Å². The van der Waals surface area contributed by atoms with Crippen molar-refractivity contribution in [1.82, 2.24) is 15.2 Å². The zero-order valence-electron chi connectivity index (χ0n) is 13.4. The molecule has 1 aliphatic rings. The minimum atomic E-state index is -0.447. The Morgan fingerprint density at radius 3 is 2.95 bits per heavy atom. The number of rotatable bonds is 3. The highest BCUT2D eigenvalue weighted by molar-refractivity contribution is 9.10. The van der Waals surface area contributed by atoms with Gasteiger partial charge in [0.15, 0.2) is 0 Å². The Balaban J connectivity index is 1.84. The van der Waals surface area contributed by atoms with Gasteiger partial charge in [-0.2, -0.15) is 0 Å². The Morgan fingerprint density at radius 2 is 2.27 bits per heavy atom. The molecular formula is C16H24BrN3O2. The number of likely N-dealkylation sites (tertiary alicyclic amines) is 1. The van der Waals surface area contributed by atoms with Crippen molar-refractivity contribution in [3.8, 4) is 0 Å². The lowest BCUT2D eigenvalue weighted by molar-refractivity contribution is 0.0187. The number of piperidine rings is 1.